The van der Waals surface area contributed by atoms with Crippen LogP contribution in [0.5, 0.6) is 0 Å². The number of thiazole rings is 1. The molecule has 1 aromatic rings. The molecule has 0 bridgehead atoms. The second-order valence-electron chi connectivity index (χ2n) is 6.01. The maximum absolute atomic E-state index is 12.1. The summed E-state index contributed by atoms with van der Waals surface area (Å²) in [5, 5.41) is 0. The molecule has 0 aliphatic carbocycles. The number of carbonyl (C=O) groups is 2. The van der Waals surface area contributed by atoms with Gasteiger partial charge in [-0.3, -0.25) is 9.78 Å². The Kier molecular flexibility index (Phi) is 4.42. The molecule has 0 saturated carbocycles. The van der Waals surface area contributed by atoms with E-state index in [1.807, 2.05) is 20.8 Å². The molecule has 1 aliphatic rings. The van der Waals surface area contributed by atoms with E-state index in [-0.39, 0.29) is 17.8 Å². The van der Waals surface area contributed by atoms with Gasteiger partial charge in [-0.15, -0.1) is 11.3 Å². The molecule has 0 N–H and O–H groups in total. The Morgan fingerprint density at radius 1 is 1.55 bits per heavy atom. The van der Waals surface area contributed by atoms with E-state index >= 15 is 0 Å². The normalized spacial score (nSPS) is 20.1. The van der Waals surface area contributed by atoms with Gasteiger partial charge >= 0.3 is 6.09 Å². The minimum absolute atomic E-state index is 0.142. The van der Waals surface area contributed by atoms with Gasteiger partial charge in [0.25, 0.3) is 0 Å². The lowest BCUT2D eigenvalue weighted by Crippen LogP contribution is -2.46. The summed E-state index contributed by atoms with van der Waals surface area (Å²) >= 11 is 1.54. The first kappa shape index (κ1) is 15.0. The predicted molar refractivity (Wildman–Crippen MR) is 76.7 cm³/mol. The van der Waals surface area contributed by atoms with E-state index in [1.165, 1.54) is 0 Å². The lowest BCUT2D eigenvalue weighted by Gasteiger charge is -2.33. The number of carbonyl (C=O) groups excluding carboxylic acids is 2. The molecule has 1 fully saturated rings. The van der Waals surface area contributed by atoms with Gasteiger partial charge in [0.1, 0.15) is 11.4 Å². The van der Waals surface area contributed by atoms with Crippen LogP contribution in [0.1, 0.15) is 32.1 Å². The molecule has 0 radical (unpaired) electrons. The van der Waals surface area contributed by atoms with Gasteiger partial charge in [-0.2, -0.15) is 0 Å². The number of amides is 1. The predicted octanol–water partition coefficient (Wildman–Crippen LogP) is 2.51. The van der Waals surface area contributed by atoms with E-state index in [9.17, 15) is 9.59 Å². The number of ether oxygens (including phenoxy) is 1. The number of rotatable bonds is 2. The Hall–Kier alpha value is -1.43. The van der Waals surface area contributed by atoms with Gasteiger partial charge in [0, 0.05) is 36.5 Å². The average molecular weight is 296 g/mol. The van der Waals surface area contributed by atoms with Crippen LogP contribution in [0.4, 0.5) is 4.79 Å². The van der Waals surface area contributed by atoms with Crippen molar-refractivity contribution in [2.75, 3.05) is 13.1 Å². The zero-order valence-corrected chi connectivity index (χ0v) is 12.9. The van der Waals surface area contributed by atoms with E-state index in [1.54, 1.807) is 27.9 Å². The Labute approximate surface area is 122 Å². The SMILES string of the molecule is CC(C)(C)OC(=O)N1CCC(=O)C(Cc2cncs2)C1. The molecule has 1 unspecified atom stereocenters. The largest absolute Gasteiger partial charge is 0.444 e. The fourth-order valence-electron chi connectivity index (χ4n) is 2.16. The van der Waals surface area contributed by atoms with E-state index in [0.29, 0.717) is 25.9 Å². The van der Waals surface area contributed by atoms with Gasteiger partial charge in [0.15, 0.2) is 0 Å². The number of piperidine rings is 1. The van der Waals surface area contributed by atoms with Crippen LogP contribution in [0.2, 0.25) is 0 Å². The van der Waals surface area contributed by atoms with Crippen molar-refractivity contribution in [1.82, 2.24) is 9.88 Å². The third kappa shape index (κ3) is 4.03. The molecule has 2 rings (SSSR count). The first-order chi connectivity index (χ1) is 9.35. The van der Waals surface area contributed by atoms with Crippen LogP contribution in [-0.2, 0) is 16.0 Å². The Morgan fingerprint density at radius 2 is 2.30 bits per heavy atom. The van der Waals surface area contributed by atoms with Crippen molar-refractivity contribution in [2.24, 2.45) is 5.92 Å². The smallest absolute Gasteiger partial charge is 0.410 e. The summed E-state index contributed by atoms with van der Waals surface area (Å²) in [5.41, 5.74) is 1.25. The molecule has 0 aromatic carbocycles. The van der Waals surface area contributed by atoms with Crippen LogP contribution in [0.25, 0.3) is 0 Å². The van der Waals surface area contributed by atoms with Crippen LogP contribution in [0.3, 0.4) is 0 Å². The molecule has 1 aromatic heterocycles. The summed E-state index contributed by atoms with van der Waals surface area (Å²) in [7, 11) is 0. The fraction of sp³-hybridized carbons (Fsp3) is 0.643. The zero-order chi connectivity index (χ0) is 14.8. The first-order valence-corrected chi connectivity index (χ1v) is 7.61. The highest BCUT2D eigenvalue weighted by Crippen LogP contribution is 2.21. The van der Waals surface area contributed by atoms with Crippen LogP contribution >= 0.6 is 11.3 Å². The quantitative estimate of drug-likeness (QED) is 0.841. The van der Waals surface area contributed by atoms with Gasteiger partial charge in [0.2, 0.25) is 0 Å². The number of nitrogens with zero attached hydrogens (tertiary/aromatic N) is 2. The highest BCUT2D eigenvalue weighted by atomic mass is 32.1. The summed E-state index contributed by atoms with van der Waals surface area (Å²) in [6.07, 6.45) is 2.51. The minimum atomic E-state index is -0.508. The molecule has 1 atom stereocenters. The summed E-state index contributed by atoms with van der Waals surface area (Å²) < 4.78 is 5.36. The van der Waals surface area contributed by atoms with Crippen LogP contribution in [0.15, 0.2) is 11.7 Å². The standard InChI is InChI=1S/C14H20N2O3S/c1-14(2,3)19-13(18)16-5-4-12(17)10(8-16)6-11-7-15-9-20-11/h7,9-10H,4-6,8H2,1-3H3. The van der Waals surface area contributed by atoms with Gasteiger partial charge in [-0.1, -0.05) is 0 Å². The second-order valence-corrected chi connectivity index (χ2v) is 6.98. The van der Waals surface area contributed by atoms with Gasteiger partial charge < -0.3 is 9.64 Å². The number of aromatic nitrogens is 1. The molecule has 110 valence electrons. The van der Waals surface area contributed by atoms with Crippen molar-refractivity contribution in [1.29, 1.82) is 0 Å². The molecule has 0 spiro atoms. The number of hydrogen-bond donors (Lipinski definition) is 0. The van der Waals surface area contributed by atoms with Gasteiger partial charge in [-0.25, -0.2) is 4.79 Å². The summed E-state index contributed by atoms with van der Waals surface area (Å²) in [6, 6.07) is 0. The second kappa shape index (κ2) is 5.91. The van der Waals surface area contributed by atoms with Gasteiger partial charge in [-0.05, 0) is 27.2 Å². The van der Waals surface area contributed by atoms with E-state index < -0.39 is 5.60 Å². The van der Waals surface area contributed by atoms with Crippen molar-refractivity contribution >= 4 is 23.2 Å². The molecule has 20 heavy (non-hydrogen) atoms. The van der Waals surface area contributed by atoms with Gasteiger partial charge in [0.05, 0.1) is 5.51 Å². The number of hydrogen-bond acceptors (Lipinski definition) is 5. The van der Waals surface area contributed by atoms with E-state index in [4.69, 9.17) is 4.74 Å². The zero-order valence-electron chi connectivity index (χ0n) is 12.1. The molecule has 2 heterocycles. The highest BCUT2D eigenvalue weighted by molar-refractivity contribution is 7.09. The molecule has 5 nitrogen and oxygen atoms in total. The Balaban J connectivity index is 1.97. The highest BCUT2D eigenvalue weighted by Gasteiger charge is 2.32. The Bertz CT molecular complexity index is 479. The molecular weight excluding hydrogens is 276 g/mol. The molecule has 1 amide bonds. The third-order valence-corrected chi connectivity index (χ3v) is 3.91. The van der Waals surface area contributed by atoms with Crippen molar-refractivity contribution in [2.45, 2.75) is 39.2 Å². The van der Waals surface area contributed by atoms with Crippen molar-refractivity contribution < 1.29 is 14.3 Å². The number of Topliss-reactive ketones (excluding diaryl/α,β-unsaturated/α-hetero) is 1. The summed E-state index contributed by atoms with van der Waals surface area (Å²) in [4.78, 5) is 30.8. The average Bonchev–Trinajstić information content (AvgIpc) is 2.82. The monoisotopic (exact) mass is 296 g/mol. The minimum Gasteiger partial charge on any atom is -0.444 e. The topological polar surface area (TPSA) is 59.5 Å². The lowest BCUT2D eigenvalue weighted by molar-refractivity contribution is -0.125. The fourth-order valence-corrected chi connectivity index (χ4v) is 2.84. The summed E-state index contributed by atoms with van der Waals surface area (Å²) in [5.74, 6) is 0.0786. The molecular formula is C14H20N2O3S. The maximum atomic E-state index is 12.1. The number of ketones is 1. The van der Waals surface area contributed by atoms with E-state index in [2.05, 4.69) is 4.98 Å². The molecule has 6 heteroatoms. The summed E-state index contributed by atoms with van der Waals surface area (Å²) in [6.45, 7) is 6.41. The third-order valence-electron chi connectivity index (χ3n) is 3.11. The van der Waals surface area contributed by atoms with Crippen LogP contribution < -0.4 is 0 Å². The molecule has 1 aliphatic heterocycles. The van der Waals surface area contributed by atoms with Crippen molar-refractivity contribution in [3.63, 3.8) is 0 Å². The lowest BCUT2D eigenvalue weighted by atomic mass is 9.93. The van der Waals surface area contributed by atoms with Crippen LogP contribution in [-0.4, -0.2) is 40.5 Å². The Morgan fingerprint density at radius 3 is 2.90 bits per heavy atom. The van der Waals surface area contributed by atoms with E-state index in [0.717, 1.165) is 4.88 Å². The van der Waals surface area contributed by atoms with Crippen molar-refractivity contribution in [3.8, 4) is 0 Å². The first-order valence-electron chi connectivity index (χ1n) is 6.73. The maximum Gasteiger partial charge on any atom is 0.410 e. The number of likely N-dealkylation sites (tertiary alicyclic amines) is 1. The molecule has 1 saturated heterocycles. The van der Waals surface area contributed by atoms with Crippen LogP contribution in [0, 0.1) is 5.92 Å². The van der Waals surface area contributed by atoms with Crippen molar-refractivity contribution in [3.05, 3.63) is 16.6 Å².